The van der Waals surface area contributed by atoms with Gasteiger partial charge in [0.25, 0.3) is 0 Å². The van der Waals surface area contributed by atoms with Crippen molar-refractivity contribution in [3.8, 4) is 0 Å². The minimum Gasteiger partial charge on any atom is -0.447 e. The predicted molar refractivity (Wildman–Crippen MR) is 68.7 cm³/mol. The third-order valence-corrected chi connectivity index (χ3v) is 3.72. The molecule has 1 aliphatic heterocycles. The van der Waals surface area contributed by atoms with Crippen LogP contribution in [0.3, 0.4) is 0 Å². The molecule has 0 bridgehead atoms. The first-order valence-corrected chi connectivity index (χ1v) is 6.35. The van der Waals surface area contributed by atoms with E-state index in [1.54, 1.807) is 4.90 Å². The number of hydrogen-bond acceptors (Lipinski definition) is 3. The Labute approximate surface area is 104 Å². The van der Waals surface area contributed by atoms with Gasteiger partial charge in [-0.15, -0.1) is 0 Å². The Morgan fingerprint density at radius 2 is 2.12 bits per heavy atom. The monoisotopic (exact) mass is 242 g/mol. The molecule has 1 rings (SSSR count). The molecule has 0 aromatic carbocycles. The summed E-state index contributed by atoms with van der Waals surface area (Å²) in [4.78, 5) is 13.6. The molecule has 1 fully saturated rings. The standard InChI is InChI=1S/C13H26N2O2/c1-10(2)13(5)6-7-15(8-13)11(16)17-9-12(3,4)14/h10H,6-9,14H2,1-5H3/t13-/m0/s1. The second-order valence-electron chi connectivity index (χ2n) is 6.52. The minimum absolute atomic E-state index is 0.219. The van der Waals surface area contributed by atoms with Crippen molar-refractivity contribution in [3.63, 3.8) is 0 Å². The predicted octanol–water partition coefficient (Wildman–Crippen LogP) is 2.23. The SMILES string of the molecule is CC(C)[C@@]1(C)CCN(C(=O)OCC(C)(C)N)C1. The largest absolute Gasteiger partial charge is 0.447 e. The highest BCUT2D eigenvalue weighted by atomic mass is 16.6. The van der Waals surface area contributed by atoms with E-state index in [0.717, 1.165) is 19.5 Å². The van der Waals surface area contributed by atoms with Gasteiger partial charge in [-0.3, -0.25) is 0 Å². The molecule has 1 saturated heterocycles. The van der Waals surface area contributed by atoms with Gasteiger partial charge in [0.15, 0.2) is 0 Å². The van der Waals surface area contributed by atoms with Crippen molar-refractivity contribution < 1.29 is 9.53 Å². The molecule has 100 valence electrons. The van der Waals surface area contributed by atoms with Gasteiger partial charge in [0, 0.05) is 18.6 Å². The van der Waals surface area contributed by atoms with Crippen molar-refractivity contribution in [3.05, 3.63) is 0 Å². The van der Waals surface area contributed by atoms with Crippen LogP contribution in [-0.4, -0.2) is 36.2 Å². The number of carbonyl (C=O) groups excluding carboxylic acids is 1. The van der Waals surface area contributed by atoms with Crippen molar-refractivity contribution in [2.75, 3.05) is 19.7 Å². The fourth-order valence-electron chi connectivity index (χ4n) is 1.95. The lowest BCUT2D eigenvalue weighted by atomic mass is 9.79. The van der Waals surface area contributed by atoms with Gasteiger partial charge in [0.1, 0.15) is 6.61 Å². The Balaban J connectivity index is 2.46. The lowest BCUT2D eigenvalue weighted by Crippen LogP contribution is -2.41. The molecule has 4 heteroatoms. The van der Waals surface area contributed by atoms with Crippen LogP contribution in [0.5, 0.6) is 0 Å². The number of likely N-dealkylation sites (tertiary alicyclic amines) is 1. The average Bonchev–Trinajstić information content (AvgIpc) is 2.58. The van der Waals surface area contributed by atoms with Crippen molar-refractivity contribution in [2.24, 2.45) is 17.1 Å². The topological polar surface area (TPSA) is 55.6 Å². The minimum atomic E-state index is -0.462. The molecule has 0 unspecified atom stereocenters. The van der Waals surface area contributed by atoms with Crippen molar-refractivity contribution in [2.45, 2.75) is 46.6 Å². The van der Waals surface area contributed by atoms with Gasteiger partial charge in [-0.05, 0) is 31.6 Å². The second-order valence-corrected chi connectivity index (χ2v) is 6.52. The van der Waals surface area contributed by atoms with E-state index in [4.69, 9.17) is 10.5 Å². The zero-order valence-corrected chi connectivity index (χ0v) is 11.7. The normalized spacial score (nSPS) is 25.5. The number of rotatable bonds is 3. The smallest absolute Gasteiger partial charge is 0.409 e. The Bertz CT molecular complexity index is 284. The maximum absolute atomic E-state index is 11.9. The molecule has 2 N–H and O–H groups in total. The summed E-state index contributed by atoms with van der Waals surface area (Å²) >= 11 is 0. The summed E-state index contributed by atoms with van der Waals surface area (Å²) in [6.07, 6.45) is 0.819. The second kappa shape index (κ2) is 4.84. The van der Waals surface area contributed by atoms with Gasteiger partial charge in [-0.1, -0.05) is 20.8 Å². The number of nitrogens with two attached hydrogens (primary N) is 1. The highest BCUT2D eigenvalue weighted by Crippen LogP contribution is 2.37. The first-order chi connectivity index (χ1) is 7.64. The van der Waals surface area contributed by atoms with Gasteiger partial charge >= 0.3 is 6.09 Å². The van der Waals surface area contributed by atoms with Crippen LogP contribution in [-0.2, 0) is 4.74 Å². The molecule has 0 radical (unpaired) electrons. The lowest BCUT2D eigenvalue weighted by Gasteiger charge is -2.29. The van der Waals surface area contributed by atoms with Gasteiger partial charge < -0.3 is 15.4 Å². The van der Waals surface area contributed by atoms with Crippen LogP contribution in [0.15, 0.2) is 0 Å². The fraction of sp³-hybridized carbons (Fsp3) is 0.923. The highest BCUT2D eigenvalue weighted by molar-refractivity contribution is 5.68. The molecule has 4 nitrogen and oxygen atoms in total. The van der Waals surface area contributed by atoms with E-state index in [-0.39, 0.29) is 18.1 Å². The zero-order chi connectivity index (χ0) is 13.3. The van der Waals surface area contributed by atoms with Crippen molar-refractivity contribution in [1.82, 2.24) is 4.90 Å². The van der Waals surface area contributed by atoms with Crippen LogP contribution in [0, 0.1) is 11.3 Å². The molecule has 0 aromatic heterocycles. The summed E-state index contributed by atoms with van der Waals surface area (Å²) in [5.74, 6) is 0.575. The first kappa shape index (κ1) is 14.3. The van der Waals surface area contributed by atoms with E-state index >= 15 is 0 Å². The van der Waals surface area contributed by atoms with Gasteiger partial charge in [0.2, 0.25) is 0 Å². The summed E-state index contributed by atoms with van der Waals surface area (Å²) in [6.45, 7) is 12.2. The quantitative estimate of drug-likeness (QED) is 0.825. The van der Waals surface area contributed by atoms with Crippen LogP contribution < -0.4 is 5.73 Å². The summed E-state index contributed by atoms with van der Waals surface area (Å²) in [5, 5.41) is 0. The van der Waals surface area contributed by atoms with E-state index in [1.165, 1.54) is 0 Å². The van der Waals surface area contributed by atoms with Gasteiger partial charge in [-0.2, -0.15) is 0 Å². The van der Waals surface area contributed by atoms with E-state index in [9.17, 15) is 4.79 Å². The average molecular weight is 242 g/mol. The van der Waals surface area contributed by atoms with E-state index in [1.807, 2.05) is 13.8 Å². The van der Waals surface area contributed by atoms with Gasteiger partial charge in [0.05, 0.1) is 0 Å². The van der Waals surface area contributed by atoms with Crippen LogP contribution >= 0.6 is 0 Å². The molecule has 1 aliphatic rings. The fourth-order valence-corrected chi connectivity index (χ4v) is 1.95. The number of amides is 1. The Morgan fingerprint density at radius 3 is 2.53 bits per heavy atom. The Hall–Kier alpha value is -0.770. The maximum atomic E-state index is 11.9. The van der Waals surface area contributed by atoms with Crippen LogP contribution in [0.2, 0.25) is 0 Å². The van der Waals surface area contributed by atoms with E-state index < -0.39 is 5.54 Å². The summed E-state index contributed by atoms with van der Waals surface area (Å²) in [7, 11) is 0. The molecule has 1 amide bonds. The first-order valence-electron chi connectivity index (χ1n) is 6.35. The van der Waals surface area contributed by atoms with Crippen molar-refractivity contribution >= 4 is 6.09 Å². The van der Waals surface area contributed by atoms with Crippen molar-refractivity contribution in [1.29, 1.82) is 0 Å². The molecule has 17 heavy (non-hydrogen) atoms. The Morgan fingerprint density at radius 1 is 1.53 bits per heavy atom. The summed E-state index contributed by atoms with van der Waals surface area (Å²) in [6, 6.07) is 0. The number of carbonyl (C=O) groups is 1. The molecular formula is C13H26N2O2. The van der Waals surface area contributed by atoms with E-state index in [0.29, 0.717) is 5.92 Å². The number of hydrogen-bond donors (Lipinski definition) is 1. The van der Waals surface area contributed by atoms with Crippen LogP contribution in [0.25, 0.3) is 0 Å². The number of nitrogens with zero attached hydrogens (tertiary/aromatic N) is 1. The third kappa shape index (κ3) is 3.87. The highest BCUT2D eigenvalue weighted by Gasteiger charge is 2.39. The molecule has 1 heterocycles. The molecule has 1 atom stereocenters. The number of ether oxygens (including phenoxy) is 1. The molecule has 0 aliphatic carbocycles. The van der Waals surface area contributed by atoms with Crippen LogP contribution in [0.4, 0.5) is 4.79 Å². The summed E-state index contributed by atoms with van der Waals surface area (Å²) < 4.78 is 5.23. The molecular weight excluding hydrogens is 216 g/mol. The summed E-state index contributed by atoms with van der Waals surface area (Å²) in [5.41, 5.74) is 5.55. The lowest BCUT2D eigenvalue weighted by molar-refractivity contribution is 0.0874. The zero-order valence-electron chi connectivity index (χ0n) is 11.7. The van der Waals surface area contributed by atoms with Gasteiger partial charge in [-0.25, -0.2) is 4.79 Å². The maximum Gasteiger partial charge on any atom is 0.409 e. The molecule has 0 spiro atoms. The van der Waals surface area contributed by atoms with Crippen LogP contribution in [0.1, 0.15) is 41.0 Å². The molecule has 0 saturated carbocycles. The third-order valence-electron chi connectivity index (χ3n) is 3.72. The Kier molecular flexibility index (Phi) is 4.07. The van der Waals surface area contributed by atoms with E-state index in [2.05, 4.69) is 20.8 Å². The molecule has 0 aromatic rings.